The number of ether oxygens (including phenoxy) is 1. The fraction of sp³-hybridized carbons (Fsp3) is 0.385. The molecule has 1 rings (SSSR count). The first-order valence-corrected chi connectivity index (χ1v) is 6.54. The van der Waals surface area contributed by atoms with Gasteiger partial charge < -0.3 is 10.1 Å². The van der Waals surface area contributed by atoms with Gasteiger partial charge in [-0.05, 0) is 31.5 Å². The van der Waals surface area contributed by atoms with Crippen molar-refractivity contribution in [1.29, 1.82) is 0 Å². The van der Waals surface area contributed by atoms with E-state index in [1.807, 2.05) is 19.9 Å². The molecule has 0 saturated carbocycles. The largest absolute Gasteiger partial charge is 0.452 e. The lowest BCUT2D eigenvalue weighted by Gasteiger charge is -2.11. The summed E-state index contributed by atoms with van der Waals surface area (Å²) >= 11 is 3.27. The van der Waals surface area contributed by atoms with E-state index in [0.29, 0.717) is 5.56 Å². The smallest absolute Gasteiger partial charge is 0.338 e. The molecular weight excluding hydrogens is 298 g/mol. The molecule has 0 aliphatic rings. The van der Waals surface area contributed by atoms with Gasteiger partial charge in [0.15, 0.2) is 6.61 Å². The van der Waals surface area contributed by atoms with Gasteiger partial charge in [0.05, 0.1) is 5.56 Å². The summed E-state index contributed by atoms with van der Waals surface area (Å²) in [4.78, 5) is 23.1. The van der Waals surface area contributed by atoms with Gasteiger partial charge in [0, 0.05) is 10.5 Å². The van der Waals surface area contributed by atoms with Crippen molar-refractivity contribution in [1.82, 2.24) is 5.32 Å². The number of benzene rings is 1. The zero-order valence-electron chi connectivity index (χ0n) is 10.4. The molecule has 1 aromatic carbocycles. The van der Waals surface area contributed by atoms with Crippen molar-refractivity contribution >= 4 is 27.8 Å². The third-order valence-electron chi connectivity index (χ3n) is 2.41. The van der Waals surface area contributed by atoms with E-state index in [1.54, 1.807) is 18.2 Å². The Morgan fingerprint density at radius 3 is 2.78 bits per heavy atom. The van der Waals surface area contributed by atoms with Crippen LogP contribution in [0.15, 0.2) is 28.7 Å². The van der Waals surface area contributed by atoms with Gasteiger partial charge >= 0.3 is 5.97 Å². The highest BCUT2D eigenvalue weighted by molar-refractivity contribution is 9.10. The Labute approximate surface area is 115 Å². The molecule has 0 saturated heterocycles. The van der Waals surface area contributed by atoms with E-state index in [-0.39, 0.29) is 18.6 Å². The first kappa shape index (κ1) is 14.7. The second kappa shape index (κ2) is 7.16. The highest BCUT2D eigenvalue weighted by atomic mass is 79.9. The van der Waals surface area contributed by atoms with Gasteiger partial charge in [-0.3, -0.25) is 4.79 Å². The summed E-state index contributed by atoms with van der Waals surface area (Å²) in [7, 11) is 0. The molecule has 0 aliphatic heterocycles. The van der Waals surface area contributed by atoms with Crippen LogP contribution < -0.4 is 5.32 Å². The number of nitrogens with one attached hydrogen (secondary N) is 1. The number of rotatable bonds is 5. The summed E-state index contributed by atoms with van der Waals surface area (Å²) in [5.74, 6) is -0.789. The van der Waals surface area contributed by atoms with Crippen LogP contribution >= 0.6 is 15.9 Å². The molecule has 0 bridgehead atoms. The molecule has 1 N–H and O–H groups in total. The van der Waals surface area contributed by atoms with Gasteiger partial charge in [0.25, 0.3) is 5.91 Å². The van der Waals surface area contributed by atoms with Crippen LogP contribution in [-0.2, 0) is 9.53 Å². The number of hydrogen-bond donors (Lipinski definition) is 1. The first-order chi connectivity index (χ1) is 8.52. The number of halogens is 1. The quantitative estimate of drug-likeness (QED) is 0.850. The first-order valence-electron chi connectivity index (χ1n) is 5.75. The highest BCUT2D eigenvalue weighted by Gasteiger charge is 2.11. The van der Waals surface area contributed by atoms with Crippen molar-refractivity contribution in [2.75, 3.05) is 6.61 Å². The van der Waals surface area contributed by atoms with Crippen LogP contribution in [0.2, 0.25) is 0 Å². The zero-order valence-corrected chi connectivity index (χ0v) is 12.0. The number of carbonyl (C=O) groups excluding carboxylic acids is 2. The number of amides is 1. The predicted octanol–water partition coefficient (Wildman–Crippen LogP) is 2.52. The Morgan fingerprint density at radius 2 is 2.17 bits per heavy atom. The fourth-order valence-corrected chi connectivity index (χ4v) is 1.65. The SMILES string of the molecule is CCC(C)NC(=O)COC(=O)c1cccc(Br)c1. The molecule has 4 nitrogen and oxygen atoms in total. The molecule has 0 aliphatic carbocycles. The minimum Gasteiger partial charge on any atom is -0.452 e. The third-order valence-corrected chi connectivity index (χ3v) is 2.91. The molecule has 1 aromatic rings. The van der Waals surface area contributed by atoms with Crippen LogP contribution in [0.1, 0.15) is 30.6 Å². The Balaban J connectivity index is 2.44. The molecule has 0 spiro atoms. The third kappa shape index (κ3) is 4.87. The van der Waals surface area contributed by atoms with E-state index in [1.165, 1.54) is 0 Å². The predicted molar refractivity (Wildman–Crippen MR) is 72.3 cm³/mol. The van der Waals surface area contributed by atoms with Gasteiger partial charge in [-0.2, -0.15) is 0 Å². The maximum absolute atomic E-state index is 11.6. The summed E-state index contributed by atoms with van der Waals surface area (Å²) in [5.41, 5.74) is 0.417. The number of carbonyl (C=O) groups is 2. The average molecular weight is 314 g/mol. The van der Waals surface area contributed by atoms with Gasteiger partial charge in [-0.1, -0.05) is 28.9 Å². The molecule has 18 heavy (non-hydrogen) atoms. The molecule has 5 heteroatoms. The molecular formula is C13H16BrNO3. The topological polar surface area (TPSA) is 55.4 Å². The number of hydrogen-bond acceptors (Lipinski definition) is 3. The lowest BCUT2D eigenvalue weighted by Crippen LogP contribution is -2.35. The normalized spacial score (nSPS) is 11.7. The molecule has 0 heterocycles. The summed E-state index contributed by atoms with van der Waals surface area (Å²) < 4.78 is 5.71. The van der Waals surface area contributed by atoms with Crippen LogP contribution in [0.3, 0.4) is 0 Å². The van der Waals surface area contributed by atoms with Gasteiger partial charge in [0.1, 0.15) is 0 Å². The van der Waals surface area contributed by atoms with Crippen LogP contribution in [0.4, 0.5) is 0 Å². The Hall–Kier alpha value is -1.36. The van der Waals surface area contributed by atoms with E-state index >= 15 is 0 Å². The van der Waals surface area contributed by atoms with Crippen molar-refractivity contribution in [2.45, 2.75) is 26.3 Å². The van der Waals surface area contributed by atoms with Crippen molar-refractivity contribution < 1.29 is 14.3 Å². The van der Waals surface area contributed by atoms with Gasteiger partial charge in [-0.15, -0.1) is 0 Å². The summed E-state index contributed by atoms with van der Waals surface area (Å²) in [5, 5.41) is 2.72. The van der Waals surface area contributed by atoms with Crippen molar-refractivity contribution in [3.8, 4) is 0 Å². The van der Waals surface area contributed by atoms with Crippen LogP contribution in [0, 0.1) is 0 Å². The van der Waals surface area contributed by atoms with E-state index < -0.39 is 5.97 Å². The Morgan fingerprint density at radius 1 is 1.44 bits per heavy atom. The Bertz CT molecular complexity index is 434. The summed E-state index contributed by atoms with van der Waals surface area (Å²) in [6.45, 7) is 3.61. The van der Waals surface area contributed by atoms with Crippen LogP contribution in [0.25, 0.3) is 0 Å². The van der Waals surface area contributed by atoms with E-state index in [9.17, 15) is 9.59 Å². The molecule has 0 aromatic heterocycles. The molecule has 1 amide bonds. The second-order valence-corrected chi connectivity index (χ2v) is 4.88. The molecule has 98 valence electrons. The minimum atomic E-state index is -0.504. The lowest BCUT2D eigenvalue weighted by molar-refractivity contribution is -0.124. The minimum absolute atomic E-state index is 0.0853. The Kier molecular flexibility index (Phi) is 5.85. The average Bonchev–Trinajstić information content (AvgIpc) is 2.35. The van der Waals surface area contributed by atoms with E-state index in [4.69, 9.17) is 4.74 Å². The van der Waals surface area contributed by atoms with Crippen molar-refractivity contribution in [2.24, 2.45) is 0 Å². The van der Waals surface area contributed by atoms with Crippen LogP contribution in [-0.4, -0.2) is 24.5 Å². The summed E-state index contributed by atoms with van der Waals surface area (Å²) in [6.07, 6.45) is 0.839. The molecule has 0 radical (unpaired) electrons. The van der Waals surface area contributed by atoms with Gasteiger partial charge in [0.2, 0.25) is 0 Å². The molecule has 1 atom stereocenters. The second-order valence-electron chi connectivity index (χ2n) is 3.96. The molecule has 1 unspecified atom stereocenters. The fourth-order valence-electron chi connectivity index (χ4n) is 1.25. The van der Waals surface area contributed by atoms with E-state index in [0.717, 1.165) is 10.9 Å². The van der Waals surface area contributed by atoms with Crippen molar-refractivity contribution in [3.05, 3.63) is 34.3 Å². The van der Waals surface area contributed by atoms with E-state index in [2.05, 4.69) is 21.2 Å². The summed E-state index contributed by atoms with van der Waals surface area (Å²) in [6, 6.07) is 6.92. The highest BCUT2D eigenvalue weighted by Crippen LogP contribution is 2.12. The maximum Gasteiger partial charge on any atom is 0.338 e. The van der Waals surface area contributed by atoms with Crippen molar-refractivity contribution in [3.63, 3.8) is 0 Å². The van der Waals surface area contributed by atoms with Gasteiger partial charge in [-0.25, -0.2) is 4.79 Å². The monoisotopic (exact) mass is 313 g/mol. The maximum atomic E-state index is 11.6. The zero-order chi connectivity index (χ0) is 13.5. The standard InChI is InChI=1S/C13H16BrNO3/c1-3-9(2)15-12(16)8-18-13(17)10-5-4-6-11(14)7-10/h4-7,9H,3,8H2,1-2H3,(H,15,16). The lowest BCUT2D eigenvalue weighted by atomic mass is 10.2. The van der Waals surface area contributed by atoms with Crippen LogP contribution in [0.5, 0.6) is 0 Å². The molecule has 0 fully saturated rings. The number of esters is 1.